The highest BCUT2D eigenvalue weighted by atomic mass is 16.5. The van der Waals surface area contributed by atoms with Crippen molar-refractivity contribution in [1.29, 1.82) is 0 Å². The first-order valence-electron chi connectivity index (χ1n) is 8.27. The van der Waals surface area contributed by atoms with Crippen molar-refractivity contribution in [2.45, 2.75) is 13.3 Å². The maximum Gasteiger partial charge on any atom is 0.322 e. The number of carbonyl (C=O) groups excluding carboxylic acids is 1. The van der Waals surface area contributed by atoms with Gasteiger partial charge in [-0.1, -0.05) is 25.6 Å². The van der Waals surface area contributed by atoms with E-state index in [1.54, 1.807) is 35.0 Å². The van der Waals surface area contributed by atoms with E-state index in [-0.39, 0.29) is 5.69 Å². The van der Waals surface area contributed by atoms with Gasteiger partial charge in [0.2, 0.25) is 0 Å². The number of hydrogen-bond acceptors (Lipinski definition) is 5. The van der Waals surface area contributed by atoms with Crippen LogP contribution in [0.3, 0.4) is 0 Å². The molecule has 0 unspecified atom stereocenters. The number of aryl methyl sites for hydroxylation is 1. The van der Waals surface area contributed by atoms with Crippen molar-refractivity contribution < 1.29 is 19.4 Å². The van der Waals surface area contributed by atoms with E-state index in [1.807, 2.05) is 13.0 Å². The molecule has 0 bridgehead atoms. The van der Waals surface area contributed by atoms with E-state index in [2.05, 4.69) is 17.0 Å². The molecule has 0 atom stereocenters. The highest BCUT2D eigenvalue weighted by Crippen LogP contribution is 2.28. The molecule has 1 amide bonds. The van der Waals surface area contributed by atoms with E-state index in [9.17, 15) is 9.59 Å². The number of carbonyl (C=O) groups is 2. The summed E-state index contributed by atoms with van der Waals surface area (Å²) in [6.45, 7) is 5.20. The maximum atomic E-state index is 12.2. The normalized spacial score (nSPS) is 11.1. The number of methoxy groups -OCH3 is 1. The van der Waals surface area contributed by atoms with Gasteiger partial charge in [0, 0.05) is 11.3 Å². The number of carboxylic acids is 1. The van der Waals surface area contributed by atoms with Gasteiger partial charge in [0.25, 0.3) is 5.91 Å². The van der Waals surface area contributed by atoms with E-state index in [4.69, 9.17) is 15.6 Å². The SMILES string of the molecule is C=C/C=C(/c1ccc(N)c(OC)c1)n1nc(C(=O)NCC(=O)O)cc1CC. The number of nitrogens with one attached hydrogen (secondary N) is 1. The van der Waals surface area contributed by atoms with Crippen molar-refractivity contribution in [1.82, 2.24) is 15.1 Å². The molecule has 0 fully saturated rings. The van der Waals surface area contributed by atoms with Crippen molar-refractivity contribution in [3.8, 4) is 5.75 Å². The Morgan fingerprint density at radius 1 is 1.41 bits per heavy atom. The largest absolute Gasteiger partial charge is 0.495 e. The fourth-order valence-electron chi connectivity index (χ4n) is 2.51. The number of carboxylic acid groups (broad SMARTS) is 1. The van der Waals surface area contributed by atoms with Gasteiger partial charge >= 0.3 is 5.97 Å². The molecule has 0 saturated heterocycles. The Balaban J connectivity index is 2.48. The average molecular weight is 370 g/mol. The smallest absolute Gasteiger partial charge is 0.322 e. The predicted octanol–water partition coefficient (Wildman–Crippen LogP) is 1.93. The van der Waals surface area contributed by atoms with Gasteiger partial charge in [0.1, 0.15) is 12.3 Å². The van der Waals surface area contributed by atoms with Crippen LogP contribution in [0.1, 0.15) is 28.7 Å². The fourth-order valence-corrected chi connectivity index (χ4v) is 2.51. The Morgan fingerprint density at radius 3 is 2.74 bits per heavy atom. The summed E-state index contributed by atoms with van der Waals surface area (Å²) in [5, 5.41) is 15.4. The molecule has 1 heterocycles. The zero-order valence-electron chi connectivity index (χ0n) is 15.2. The second kappa shape index (κ2) is 8.70. The average Bonchev–Trinajstić information content (AvgIpc) is 3.08. The summed E-state index contributed by atoms with van der Waals surface area (Å²) in [6.07, 6.45) is 3.99. The number of aromatic nitrogens is 2. The molecule has 1 aromatic carbocycles. The number of aliphatic carboxylic acids is 1. The first-order chi connectivity index (χ1) is 12.9. The number of allylic oxidation sites excluding steroid dienone is 2. The standard InChI is InChI=1S/C19H22N4O4/c1-4-6-16(12-7-8-14(20)17(9-12)27-3)23-13(5-2)10-15(22-23)19(26)21-11-18(24)25/h4,6-10H,1,5,11,20H2,2-3H3,(H,21,26)(H,24,25)/b16-6-. The van der Waals surface area contributed by atoms with Crippen LogP contribution in [0.5, 0.6) is 5.75 Å². The fraction of sp³-hybridized carbons (Fsp3) is 0.211. The Hall–Kier alpha value is -3.55. The lowest BCUT2D eigenvalue weighted by molar-refractivity contribution is -0.135. The van der Waals surface area contributed by atoms with Crippen LogP contribution in [0.15, 0.2) is 43.0 Å². The van der Waals surface area contributed by atoms with Crippen molar-refractivity contribution in [2.24, 2.45) is 0 Å². The monoisotopic (exact) mass is 370 g/mol. The molecular formula is C19H22N4O4. The highest BCUT2D eigenvalue weighted by Gasteiger charge is 2.17. The molecule has 4 N–H and O–H groups in total. The number of nitrogen functional groups attached to an aromatic ring is 1. The second-order valence-corrected chi connectivity index (χ2v) is 5.61. The van der Waals surface area contributed by atoms with Crippen molar-refractivity contribution in [3.63, 3.8) is 0 Å². The summed E-state index contributed by atoms with van der Waals surface area (Å²) >= 11 is 0. The number of anilines is 1. The molecule has 0 aliphatic heterocycles. The van der Waals surface area contributed by atoms with Crippen molar-refractivity contribution in [2.75, 3.05) is 19.4 Å². The van der Waals surface area contributed by atoms with E-state index in [1.165, 1.54) is 7.11 Å². The number of nitrogens with two attached hydrogens (primary N) is 1. The molecule has 27 heavy (non-hydrogen) atoms. The van der Waals surface area contributed by atoms with Crippen LogP contribution in [-0.2, 0) is 11.2 Å². The maximum absolute atomic E-state index is 12.2. The molecule has 2 aromatic rings. The minimum absolute atomic E-state index is 0.130. The van der Waals surface area contributed by atoms with Gasteiger partial charge in [-0.25, -0.2) is 4.68 Å². The molecule has 8 nitrogen and oxygen atoms in total. The van der Waals surface area contributed by atoms with Crippen molar-refractivity contribution >= 4 is 23.3 Å². The number of ether oxygens (including phenoxy) is 1. The third-order valence-electron chi connectivity index (χ3n) is 3.81. The third-order valence-corrected chi connectivity index (χ3v) is 3.81. The van der Waals surface area contributed by atoms with E-state index in [0.717, 1.165) is 11.3 Å². The van der Waals surface area contributed by atoms with Crippen LogP contribution in [-0.4, -0.2) is 40.4 Å². The molecule has 0 radical (unpaired) electrons. The zero-order valence-corrected chi connectivity index (χ0v) is 15.2. The van der Waals surface area contributed by atoms with Crippen LogP contribution in [0.4, 0.5) is 5.69 Å². The number of rotatable bonds is 8. The minimum atomic E-state index is -1.13. The van der Waals surface area contributed by atoms with Gasteiger partial charge < -0.3 is 20.9 Å². The Labute approximate surface area is 156 Å². The number of nitrogens with zero attached hydrogens (tertiary/aromatic N) is 2. The van der Waals surface area contributed by atoms with Crippen LogP contribution in [0, 0.1) is 0 Å². The number of amides is 1. The zero-order chi connectivity index (χ0) is 20.0. The molecule has 2 rings (SSSR count). The summed E-state index contributed by atoms with van der Waals surface area (Å²) in [5.74, 6) is -1.16. The lowest BCUT2D eigenvalue weighted by atomic mass is 10.1. The Morgan fingerprint density at radius 2 is 2.15 bits per heavy atom. The van der Waals surface area contributed by atoms with Crippen LogP contribution >= 0.6 is 0 Å². The topological polar surface area (TPSA) is 119 Å². The van der Waals surface area contributed by atoms with Gasteiger partial charge in [0.15, 0.2) is 5.69 Å². The molecule has 8 heteroatoms. The first kappa shape index (κ1) is 19.8. The summed E-state index contributed by atoms with van der Waals surface area (Å²) in [5.41, 5.74) is 8.75. The van der Waals surface area contributed by atoms with Crippen LogP contribution in [0.2, 0.25) is 0 Å². The van der Waals surface area contributed by atoms with E-state index in [0.29, 0.717) is 23.6 Å². The summed E-state index contributed by atoms with van der Waals surface area (Å²) in [7, 11) is 1.53. The van der Waals surface area contributed by atoms with Gasteiger partial charge in [-0.2, -0.15) is 5.10 Å². The lowest BCUT2D eigenvalue weighted by Crippen LogP contribution is -2.29. The molecule has 0 aliphatic rings. The Bertz CT molecular complexity index is 899. The van der Waals surface area contributed by atoms with Gasteiger partial charge in [0.05, 0.1) is 18.5 Å². The second-order valence-electron chi connectivity index (χ2n) is 5.61. The molecule has 1 aromatic heterocycles. The quantitative estimate of drug-likeness (QED) is 0.482. The number of hydrogen-bond donors (Lipinski definition) is 3. The van der Waals surface area contributed by atoms with E-state index >= 15 is 0 Å². The minimum Gasteiger partial charge on any atom is -0.495 e. The van der Waals surface area contributed by atoms with Crippen LogP contribution < -0.4 is 15.8 Å². The summed E-state index contributed by atoms with van der Waals surface area (Å²) < 4.78 is 6.90. The Kier molecular flexibility index (Phi) is 6.37. The molecule has 0 spiro atoms. The lowest BCUT2D eigenvalue weighted by Gasteiger charge is -2.13. The molecule has 142 valence electrons. The molecule has 0 aliphatic carbocycles. The summed E-state index contributed by atoms with van der Waals surface area (Å²) in [6, 6.07) is 6.94. The number of benzene rings is 1. The van der Waals surface area contributed by atoms with E-state index < -0.39 is 18.4 Å². The predicted molar refractivity (Wildman–Crippen MR) is 103 cm³/mol. The summed E-state index contributed by atoms with van der Waals surface area (Å²) in [4.78, 5) is 22.8. The third kappa shape index (κ3) is 4.55. The molecular weight excluding hydrogens is 348 g/mol. The van der Waals surface area contributed by atoms with Crippen LogP contribution in [0.25, 0.3) is 5.70 Å². The molecule has 0 saturated carbocycles. The highest BCUT2D eigenvalue weighted by molar-refractivity contribution is 5.94. The van der Waals surface area contributed by atoms with Gasteiger partial charge in [-0.3, -0.25) is 9.59 Å². The van der Waals surface area contributed by atoms with Gasteiger partial charge in [-0.15, -0.1) is 0 Å². The van der Waals surface area contributed by atoms with Gasteiger partial charge in [-0.05, 0) is 30.7 Å². The first-order valence-corrected chi connectivity index (χ1v) is 8.27. The van der Waals surface area contributed by atoms with Crippen molar-refractivity contribution in [3.05, 3.63) is 59.9 Å².